The quantitative estimate of drug-likeness (QED) is 0.443. The first-order valence-electron chi connectivity index (χ1n) is 12.3. The molecule has 6 nitrogen and oxygen atoms in total. The molecule has 192 valence electrons. The second kappa shape index (κ2) is 13.1. The van der Waals surface area contributed by atoms with E-state index in [4.69, 9.17) is 9.47 Å². The highest BCUT2D eigenvalue weighted by Crippen LogP contribution is 2.29. The predicted octanol–water partition coefficient (Wildman–Crippen LogP) is 5.28. The van der Waals surface area contributed by atoms with E-state index >= 15 is 0 Å². The van der Waals surface area contributed by atoms with Gasteiger partial charge in [0.05, 0.1) is 13.2 Å². The van der Waals surface area contributed by atoms with Gasteiger partial charge in [-0.1, -0.05) is 25.1 Å². The van der Waals surface area contributed by atoms with Crippen LogP contribution < -0.4 is 14.8 Å². The van der Waals surface area contributed by atoms with Gasteiger partial charge >= 0.3 is 0 Å². The molecule has 0 unspecified atom stereocenters. The monoisotopic (exact) mass is 486 g/mol. The minimum Gasteiger partial charge on any atom is -0.490 e. The largest absolute Gasteiger partial charge is 0.490 e. The third kappa shape index (κ3) is 8.89. The van der Waals surface area contributed by atoms with Gasteiger partial charge in [-0.25, -0.2) is 4.39 Å². The third-order valence-electron chi connectivity index (χ3n) is 5.39. The van der Waals surface area contributed by atoms with Gasteiger partial charge in [0.2, 0.25) is 11.8 Å². The first kappa shape index (κ1) is 28.1. The fourth-order valence-electron chi connectivity index (χ4n) is 3.80. The standard InChI is InChI=1S/C28H39FN2O4/c1-7-23(27(33)30-28(4,5)6)31(19-21-10-14-22(29)15-11-21)26(32)17-13-20-12-16-24(34-8-2)25(18-20)35-9-3/h10-12,14-16,18,23H,7-9,13,17,19H2,1-6H3,(H,30,33)/t23-/m1/s1. The first-order chi connectivity index (χ1) is 16.6. The fourth-order valence-corrected chi connectivity index (χ4v) is 3.80. The Morgan fingerprint density at radius 1 is 0.943 bits per heavy atom. The Morgan fingerprint density at radius 3 is 2.11 bits per heavy atom. The number of halogens is 1. The van der Waals surface area contributed by atoms with Crippen molar-refractivity contribution in [3.63, 3.8) is 0 Å². The van der Waals surface area contributed by atoms with E-state index in [1.54, 1.807) is 17.0 Å². The molecule has 0 bridgehead atoms. The lowest BCUT2D eigenvalue weighted by molar-refractivity contribution is -0.142. The average molecular weight is 487 g/mol. The maximum atomic E-state index is 13.5. The smallest absolute Gasteiger partial charge is 0.243 e. The molecule has 1 N–H and O–H groups in total. The zero-order valence-corrected chi connectivity index (χ0v) is 21.8. The molecule has 0 aliphatic carbocycles. The van der Waals surface area contributed by atoms with Crippen LogP contribution in [0.2, 0.25) is 0 Å². The molecule has 2 aromatic rings. The van der Waals surface area contributed by atoms with E-state index < -0.39 is 11.6 Å². The summed E-state index contributed by atoms with van der Waals surface area (Å²) in [5, 5.41) is 2.99. The van der Waals surface area contributed by atoms with Crippen molar-refractivity contribution in [2.45, 2.75) is 78.9 Å². The van der Waals surface area contributed by atoms with E-state index in [9.17, 15) is 14.0 Å². The molecule has 2 aromatic carbocycles. The zero-order valence-electron chi connectivity index (χ0n) is 21.8. The van der Waals surface area contributed by atoms with Crippen LogP contribution in [0.5, 0.6) is 11.5 Å². The normalized spacial score (nSPS) is 12.1. The highest BCUT2D eigenvalue weighted by atomic mass is 19.1. The number of nitrogens with zero attached hydrogens (tertiary/aromatic N) is 1. The molecule has 2 amide bonds. The molecular weight excluding hydrogens is 447 g/mol. The van der Waals surface area contributed by atoms with Gasteiger partial charge in [0, 0.05) is 18.5 Å². The molecule has 0 spiro atoms. The van der Waals surface area contributed by atoms with Gasteiger partial charge < -0.3 is 19.7 Å². The molecule has 0 saturated carbocycles. The second-order valence-corrected chi connectivity index (χ2v) is 9.46. The topological polar surface area (TPSA) is 67.9 Å². The van der Waals surface area contributed by atoms with Crippen molar-refractivity contribution >= 4 is 11.8 Å². The fraction of sp³-hybridized carbons (Fsp3) is 0.500. The lowest BCUT2D eigenvalue weighted by Gasteiger charge is -2.33. The van der Waals surface area contributed by atoms with Gasteiger partial charge in [0.1, 0.15) is 11.9 Å². The SMILES string of the molecule is CCOc1ccc(CCC(=O)N(Cc2ccc(F)cc2)[C@H](CC)C(=O)NC(C)(C)C)cc1OCC. The third-order valence-corrected chi connectivity index (χ3v) is 5.39. The molecule has 7 heteroatoms. The number of carbonyl (C=O) groups is 2. The summed E-state index contributed by atoms with van der Waals surface area (Å²) in [5.41, 5.74) is 1.29. The second-order valence-electron chi connectivity index (χ2n) is 9.46. The van der Waals surface area contributed by atoms with E-state index in [1.807, 2.05) is 59.7 Å². The Kier molecular flexibility index (Phi) is 10.6. The average Bonchev–Trinajstić information content (AvgIpc) is 2.79. The van der Waals surface area contributed by atoms with Crippen molar-refractivity contribution in [2.75, 3.05) is 13.2 Å². The van der Waals surface area contributed by atoms with Gasteiger partial charge in [0.15, 0.2) is 11.5 Å². The molecule has 0 saturated heterocycles. The van der Waals surface area contributed by atoms with Crippen LogP contribution in [0.1, 0.15) is 65.5 Å². The number of aryl methyl sites for hydroxylation is 1. The van der Waals surface area contributed by atoms with Crippen molar-refractivity contribution in [3.8, 4) is 11.5 Å². The summed E-state index contributed by atoms with van der Waals surface area (Å²) in [6.45, 7) is 12.7. The summed E-state index contributed by atoms with van der Waals surface area (Å²) in [5.74, 6) is 0.641. The van der Waals surface area contributed by atoms with Crippen molar-refractivity contribution in [1.82, 2.24) is 10.2 Å². The van der Waals surface area contributed by atoms with Crippen molar-refractivity contribution in [1.29, 1.82) is 0 Å². The minimum atomic E-state index is -0.633. The van der Waals surface area contributed by atoms with Gasteiger partial charge in [0.25, 0.3) is 0 Å². The van der Waals surface area contributed by atoms with E-state index in [1.165, 1.54) is 12.1 Å². The number of ether oxygens (including phenoxy) is 2. The van der Waals surface area contributed by atoms with Crippen LogP contribution in [0.4, 0.5) is 4.39 Å². The molecule has 0 aliphatic rings. The molecule has 0 radical (unpaired) electrons. The van der Waals surface area contributed by atoms with E-state index in [-0.39, 0.29) is 30.6 Å². The van der Waals surface area contributed by atoms with Crippen LogP contribution in [0.15, 0.2) is 42.5 Å². The molecule has 0 aliphatic heterocycles. The number of nitrogens with one attached hydrogen (secondary N) is 1. The van der Waals surface area contributed by atoms with Crippen LogP contribution in [0.25, 0.3) is 0 Å². The maximum Gasteiger partial charge on any atom is 0.243 e. The van der Waals surface area contributed by atoms with Crippen LogP contribution >= 0.6 is 0 Å². The van der Waals surface area contributed by atoms with Crippen molar-refractivity contribution in [3.05, 3.63) is 59.4 Å². The van der Waals surface area contributed by atoms with Crippen LogP contribution in [-0.2, 0) is 22.6 Å². The summed E-state index contributed by atoms with van der Waals surface area (Å²) >= 11 is 0. The zero-order chi connectivity index (χ0) is 26.0. The number of carbonyl (C=O) groups excluding carboxylic acids is 2. The number of rotatable bonds is 12. The lowest BCUT2D eigenvalue weighted by Crippen LogP contribution is -2.53. The lowest BCUT2D eigenvalue weighted by atomic mass is 10.0. The van der Waals surface area contributed by atoms with Crippen LogP contribution in [0, 0.1) is 5.82 Å². The molecule has 35 heavy (non-hydrogen) atoms. The van der Waals surface area contributed by atoms with E-state index in [0.29, 0.717) is 37.6 Å². The molecule has 0 aromatic heterocycles. The summed E-state index contributed by atoms with van der Waals surface area (Å²) in [6, 6.07) is 11.1. The maximum absolute atomic E-state index is 13.5. The van der Waals surface area contributed by atoms with Crippen LogP contribution in [-0.4, -0.2) is 41.5 Å². The first-order valence-corrected chi connectivity index (χ1v) is 12.3. The van der Waals surface area contributed by atoms with Crippen molar-refractivity contribution in [2.24, 2.45) is 0 Å². The predicted molar refractivity (Wildman–Crippen MR) is 136 cm³/mol. The van der Waals surface area contributed by atoms with Gasteiger partial charge in [-0.15, -0.1) is 0 Å². The van der Waals surface area contributed by atoms with E-state index in [2.05, 4.69) is 5.32 Å². The summed E-state index contributed by atoms with van der Waals surface area (Å²) in [4.78, 5) is 28.1. The number of hydrogen-bond donors (Lipinski definition) is 1. The summed E-state index contributed by atoms with van der Waals surface area (Å²) in [7, 11) is 0. The molecule has 2 rings (SSSR count). The minimum absolute atomic E-state index is 0.142. The summed E-state index contributed by atoms with van der Waals surface area (Å²) in [6.07, 6.45) is 1.18. The molecule has 0 heterocycles. The van der Waals surface area contributed by atoms with Gasteiger partial charge in [-0.3, -0.25) is 9.59 Å². The van der Waals surface area contributed by atoms with Gasteiger partial charge in [-0.05, 0) is 82.9 Å². The number of hydrogen-bond acceptors (Lipinski definition) is 4. The Balaban J connectivity index is 2.24. The van der Waals surface area contributed by atoms with E-state index in [0.717, 1.165) is 11.1 Å². The molecule has 1 atom stereocenters. The Bertz CT molecular complexity index is 970. The molecule has 0 fully saturated rings. The van der Waals surface area contributed by atoms with Crippen molar-refractivity contribution < 1.29 is 23.5 Å². The van der Waals surface area contributed by atoms with Crippen LogP contribution in [0.3, 0.4) is 0 Å². The molecular formula is C28H39FN2O4. The number of benzene rings is 2. The Morgan fingerprint density at radius 2 is 1.54 bits per heavy atom. The number of amides is 2. The Hall–Kier alpha value is -3.09. The Labute approximate surface area is 208 Å². The highest BCUT2D eigenvalue weighted by molar-refractivity contribution is 5.88. The summed E-state index contributed by atoms with van der Waals surface area (Å²) < 4.78 is 24.8. The highest BCUT2D eigenvalue weighted by Gasteiger charge is 2.30. The van der Waals surface area contributed by atoms with Gasteiger partial charge in [-0.2, -0.15) is 0 Å².